The molecular formula is C12H17FO. The Morgan fingerprint density at radius 2 is 1.93 bits per heavy atom. The summed E-state index contributed by atoms with van der Waals surface area (Å²) in [5.74, 6) is -0.196. The highest BCUT2D eigenvalue weighted by atomic mass is 19.1. The molecular weight excluding hydrogens is 179 g/mol. The lowest BCUT2D eigenvalue weighted by molar-refractivity contribution is 0.0558. The van der Waals surface area contributed by atoms with Gasteiger partial charge in [0.15, 0.2) is 0 Å². The van der Waals surface area contributed by atoms with Gasteiger partial charge in [-0.1, -0.05) is 19.1 Å². The third-order valence-corrected chi connectivity index (χ3v) is 2.74. The highest BCUT2D eigenvalue weighted by Crippen LogP contribution is 2.28. The fourth-order valence-corrected chi connectivity index (χ4v) is 1.35. The van der Waals surface area contributed by atoms with E-state index in [1.54, 1.807) is 32.9 Å². The zero-order valence-corrected chi connectivity index (χ0v) is 9.13. The van der Waals surface area contributed by atoms with Gasteiger partial charge in [-0.3, -0.25) is 0 Å². The van der Waals surface area contributed by atoms with E-state index in [0.717, 1.165) is 5.56 Å². The second kappa shape index (κ2) is 3.70. The Morgan fingerprint density at radius 1 is 1.36 bits per heavy atom. The normalized spacial score (nSPS) is 14.1. The minimum absolute atomic E-state index is 0.00167. The van der Waals surface area contributed by atoms with Crippen molar-refractivity contribution in [3.05, 3.63) is 35.1 Å². The van der Waals surface area contributed by atoms with Crippen molar-refractivity contribution >= 4 is 0 Å². The first-order valence-electron chi connectivity index (χ1n) is 4.81. The molecule has 0 aromatic heterocycles. The molecule has 1 atom stereocenters. The SMILES string of the molecule is Cc1cc([C@@H](C)C(C)(C)O)ccc1F. The largest absolute Gasteiger partial charge is 0.390 e. The van der Waals surface area contributed by atoms with Crippen LogP contribution in [0.25, 0.3) is 0 Å². The Morgan fingerprint density at radius 3 is 2.36 bits per heavy atom. The van der Waals surface area contributed by atoms with Gasteiger partial charge in [0.05, 0.1) is 5.60 Å². The van der Waals surface area contributed by atoms with Crippen molar-refractivity contribution in [1.29, 1.82) is 0 Å². The first kappa shape index (κ1) is 11.2. The molecule has 0 spiro atoms. The Kier molecular flexibility index (Phi) is 2.95. The van der Waals surface area contributed by atoms with Crippen LogP contribution in [-0.4, -0.2) is 10.7 Å². The lowest BCUT2D eigenvalue weighted by atomic mass is 9.86. The topological polar surface area (TPSA) is 20.2 Å². The highest BCUT2D eigenvalue weighted by molar-refractivity contribution is 5.27. The van der Waals surface area contributed by atoms with Gasteiger partial charge in [-0.15, -0.1) is 0 Å². The lowest BCUT2D eigenvalue weighted by Gasteiger charge is -2.26. The van der Waals surface area contributed by atoms with Gasteiger partial charge in [-0.2, -0.15) is 0 Å². The first-order valence-corrected chi connectivity index (χ1v) is 4.81. The van der Waals surface area contributed by atoms with Gasteiger partial charge < -0.3 is 5.11 Å². The van der Waals surface area contributed by atoms with E-state index in [-0.39, 0.29) is 11.7 Å². The molecule has 1 rings (SSSR count). The Bertz CT molecular complexity index is 326. The average molecular weight is 196 g/mol. The minimum Gasteiger partial charge on any atom is -0.390 e. The summed E-state index contributed by atoms with van der Waals surface area (Å²) in [7, 11) is 0. The Hall–Kier alpha value is -0.890. The van der Waals surface area contributed by atoms with Crippen molar-refractivity contribution in [3.63, 3.8) is 0 Å². The van der Waals surface area contributed by atoms with Crippen LogP contribution in [0.5, 0.6) is 0 Å². The molecule has 0 heterocycles. The summed E-state index contributed by atoms with van der Waals surface area (Å²) in [6, 6.07) is 4.97. The summed E-state index contributed by atoms with van der Waals surface area (Å²) in [6.45, 7) is 7.19. The van der Waals surface area contributed by atoms with E-state index in [1.807, 2.05) is 6.92 Å². The van der Waals surface area contributed by atoms with Crippen LogP contribution >= 0.6 is 0 Å². The van der Waals surface area contributed by atoms with Crippen LogP contribution in [0.15, 0.2) is 18.2 Å². The molecule has 0 saturated heterocycles. The van der Waals surface area contributed by atoms with Crippen LogP contribution in [0, 0.1) is 12.7 Å². The molecule has 14 heavy (non-hydrogen) atoms. The van der Waals surface area contributed by atoms with Gasteiger partial charge in [-0.25, -0.2) is 4.39 Å². The van der Waals surface area contributed by atoms with Gasteiger partial charge in [0.2, 0.25) is 0 Å². The molecule has 0 unspecified atom stereocenters. The van der Waals surface area contributed by atoms with Gasteiger partial charge in [-0.05, 0) is 38.0 Å². The highest BCUT2D eigenvalue weighted by Gasteiger charge is 2.23. The van der Waals surface area contributed by atoms with Crippen molar-refractivity contribution in [3.8, 4) is 0 Å². The van der Waals surface area contributed by atoms with Crippen LogP contribution in [0.1, 0.15) is 37.8 Å². The van der Waals surface area contributed by atoms with Crippen LogP contribution in [0.2, 0.25) is 0 Å². The molecule has 2 heteroatoms. The molecule has 0 bridgehead atoms. The molecule has 0 amide bonds. The molecule has 0 aliphatic heterocycles. The van der Waals surface area contributed by atoms with E-state index in [0.29, 0.717) is 5.56 Å². The molecule has 0 saturated carbocycles. The number of halogens is 1. The quantitative estimate of drug-likeness (QED) is 0.771. The maximum atomic E-state index is 13.0. The number of benzene rings is 1. The molecule has 0 aliphatic carbocycles. The summed E-state index contributed by atoms with van der Waals surface area (Å²) < 4.78 is 13.0. The summed E-state index contributed by atoms with van der Waals surface area (Å²) >= 11 is 0. The van der Waals surface area contributed by atoms with Crippen molar-refractivity contribution in [2.75, 3.05) is 0 Å². The van der Waals surface area contributed by atoms with Crippen molar-refractivity contribution < 1.29 is 9.50 Å². The lowest BCUT2D eigenvalue weighted by Crippen LogP contribution is -2.26. The molecule has 1 aromatic carbocycles. The van der Waals surface area contributed by atoms with Gasteiger partial charge in [0.25, 0.3) is 0 Å². The zero-order valence-electron chi connectivity index (χ0n) is 9.13. The second-order valence-corrected chi connectivity index (χ2v) is 4.38. The fraction of sp³-hybridized carbons (Fsp3) is 0.500. The molecule has 0 radical (unpaired) electrons. The number of hydrogen-bond donors (Lipinski definition) is 1. The van der Waals surface area contributed by atoms with Crippen LogP contribution in [0.3, 0.4) is 0 Å². The molecule has 1 nitrogen and oxygen atoms in total. The molecule has 78 valence electrons. The Balaban J connectivity index is 3.03. The smallest absolute Gasteiger partial charge is 0.126 e. The van der Waals surface area contributed by atoms with E-state index in [9.17, 15) is 9.50 Å². The van der Waals surface area contributed by atoms with Gasteiger partial charge >= 0.3 is 0 Å². The second-order valence-electron chi connectivity index (χ2n) is 4.38. The van der Waals surface area contributed by atoms with E-state index in [1.165, 1.54) is 6.07 Å². The molecule has 0 aliphatic rings. The minimum atomic E-state index is -0.774. The van der Waals surface area contributed by atoms with Crippen LogP contribution < -0.4 is 0 Å². The number of aryl methyl sites for hydroxylation is 1. The third kappa shape index (κ3) is 2.32. The van der Waals surface area contributed by atoms with Crippen molar-refractivity contribution in [2.24, 2.45) is 0 Å². The van der Waals surface area contributed by atoms with E-state index in [2.05, 4.69) is 0 Å². The summed E-state index contributed by atoms with van der Waals surface area (Å²) in [4.78, 5) is 0. The number of rotatable bonds is 2. The average Bonchev–Trinajstić information content (AvgIpc) is 2.07. The van der Waals surface area contributed by atoms with E-state index < -0.39 is 5.60 Å². The maximum absolute atomic E-state index is 13.0. The van der Waals surface area contributed by atoms with Crippen LogP contribution in [-0.2, 0) is 0 Å². The molecule has 0 fully saturated rings. The predicted molar refractivity (Wildman–Crippen MR) is 55.8 cm³/mol. The Labute approximate surface area is 84.6 Å². The van der Waals surface area contributed by atoms with Crippen molar-refractivity contribution in [1.82, 2.24) is 0 Å². The monoisotopic (exact) mass is 196 g/mol. The first-order chi connectivity index (χ1) is 6.32. The molecule has 1 N–H and O–H groups in total. The molecule has 1 aromatic rings. The third-order valence-electron chi connectivity index (χ3n) is 2.74. The summed E-state index contributed by atoms with van der Waals surface area (Å²) in [6.07, 6.45) is 0. The summed E-state index contributed by atoms with van der Waals surface area (Å²) in [5.41, 5.74) is 0.819. The fourth-order valence-electron chi connectivity index (χ4n) is 1.35. The van der Waals surface area contributed by atoms with E-state index >= 15 is 0 Å². The van der Waals surface area contributed by atoms with E-state index in [4.69, 9.17) is 0 Å². The number of hydrogen-bond acceptors (Lipinski definition) is 1. The van der Waals surface area contributed by atoms with Gasteiger partial charge in [0.1, 0.15) is 5.82 Å². The summed E-state index contributed by atoms with van der Waals surface area (Å²) in [5, 5.41) is 9.81. The predicted octanol–water partition coefficient (Wildman–Crippen LogP) is 3.01. The zero-order chi connectivity index (χ0) is 10.9. The maximum Gasteiger partial charge on any atom is 0.126 e. The standard InChI is InChI=1S/C12H17FO/c1-8-7-10(5-6-11(8)13)9(2)12(3,4)14/h5-7,9,14H,1-4H3/t9-/m1/s1. The van der Waals surface area contributed by atoms with Gasteiger partial charge in [0, 0.05) is 5.92 Å². The van der Waals surface area contributed by atoms with Crippen molar-refractivity contribution in [2.45, 2.75) is 39.2 Å². The number of aliphatic hydroxyl groups is 1. The van der Waals surface area contributed by atoms with Crippen LogP contribution in [0.4, 0.5) is 4.39 Å².